The van der Waals surface area contributed by atoms with Crippen molar-refractivity contribution in [1.29, 1.82) is 0 Å². The van der Waals surface area contributed by atoms with Gasteiger partial charge in [0.2, 0.25) is 0 Å². The smallest absolute Gasteiger partial charge is 0.338 e. The molecule has 19 unspecified atom stereocenters. The predicted molar refractivity (Wildman–Crippen MR) is 540 cm³/mol. The van der Waals surface area contributed by atoms with Gasteiger partial charge in [0.15, 0.2) is 61.6 Å². The maximum atomic E-state index is 15.5. The maximum Gasteiger partial charge on any atom is 0.338 e. The van der Waals surface area contributed by atoms with Crippen LogP contribution in [0.15, 0.2) is 243 Å². The number of benzene rings is 8. The second-order valence-electron chi connectivity index (χ2n) is 39.3. The molecule has 0 spiro atoms. The number of aliphatic hydroxyl groups is 1. The number of esters is 8. The van der Waals surface area contributed by atoms with Gasteiger partial charge in [-0.25, -0.2) is 38.4 Å². The van der Waals surface area contributed by atoms with Gasteiger partial charge in [0.25, 0.3) is 0 Å². The minimum absolute atomic E-state index is 0.000252. The summed E-state index contributed by atoms with van der Waals surface area (Å²) in [7, 11) is 0. The van der Waals surface area contributed by atoms with Gasteiger partial charge in [-0.3, -0.25) is 0 Å². The quantitative estimate of drug-likeness (QED) is 0.0160. The Labute approximate surface area is 840 Å². The molecular weight excluding hydrogens is 1810 g/mol. The van der Waals surface area contributed by atoms with Crippen LogP contribution in [0.4, 0.5) is 0 Å². The fourth-order valence-corrected chi connectivity index (χ4v) is 17.7. The van der Waals surface area contributed by atoms with Gasteiger partial charge >= 0.3 is 47.8 Å². The molecule has 0 aliphatic carbocycles. The fourth-order valence-electron chi connectivity index (χ4n) is 17.7. The Morgan fingerprint density at radius 1 is 0.303 bits per heavy atom. The van der Waals surface area contributed by atoms with Gasteiger partial charge in [-0.2, -0.15) is 0 Å². The molecule has 8 aromatic carbocycles. The Morgan fingerprint density at radius 2 is 0.613 bits per heavy atom. The highest BCUT2D eigenvalue weighted by Crippen LogP contribution is 2.37. The van der Waals surface area contributed by atoms with Crippen LogP contribution in [-0.2, 0) is 75.8 Å². The molecule has 8 aromatic rings. The first-order valence-corrected chi connectivity index (χ1v) is 51.4. The van der Waals surface area contributed by atoms with Gasteiger partial charge in [-0.15, -0.1) is 0 Å². The van der Waals surface area contributed by atoms with E-state index in [0.29, 0.717) is 43.3 Å². The van der Waals surface area contributed by atoms with Crippen LogP contribution in [0, 0.1) is 47.3 Å². The standard InChI is InChI=1S/C117H152O25/c1-80(2)42-36-44-82(5)46-38-48-84(7)50-40-52-86(9)70-72-127-77-97(128-73-71-87(10)53-41-51-85(8)49-39-47-83(6)45-37-43-81(3)4)78-132-117-106(141-114(126)96-68-34-19-35-69-96)104(139-112(124)94-64-30-17-31-65-94)101(99(135-117)79-131-107(119)89-54-20-12-21-55-89)142-115(102(137-110(122)92-60-26-15-27-61-92)98(76-118)134-108(120)90-56-22-13-23-57-90)129-74-75-130-116-105(140-113(125)95-66-32-18-33-67-95)103(138-111(123)93-62-28-16-29-63-93)100(88(11)133-116)136-109(121)91-58-24-14-25-59-91/h12-35,54-69,80-88,97-106,115-118H,36-53,70-79H2,1-11H3/t82?,83?,84?,85?,86?,87?,88?,97?,98-,99?,100?,101?,102?,103?,104?,105?,106?,115?,116?,117?/m1/s1. The van der Waals surface area contributed by atoms with Crippen LogP contribution in [0.3, 0.4) is 0 Å². The van der Waals surface area contributed by atoms with Gasteiger partial charge in [0.05, 0.1) is 83.6 Å². The lowest BCUT2D eigenvalue weighted by atomic mass is 9.91. The average Bonchev–Trinajstić information content (AvgIpc) is 0.781. The van der Waals surface area contributed by atoms with Crippen LogP contribution < -0.4 is 0 Å². The van der Waals surface area contributed by atoms with Crippen molar-refractivity contribution in [1.82, 2.24) is 0 Å². The molecule has 20 atom stereocenters. The van der Waals surface area contributed by atoms with Crippen molar-refractivity contribution in [3.05, 3.63) is 287 Å². The van der Waals surface area contributed by atoms with Crippen molar-refractivity contribution in [2.45, 2.75) is 291 Å². The summed E-state index contributed by atoms with van der Waals surface area (Å²) in [6.07, 6.45) is -1.47. The Morgan fingerprint density at radius 3 is 0.979 bits per heavy atom. The largest absolute Gasteiger partial charge is 0.459 e. The van der Waals surface area contributed by atoms with Gasteiger partial charge in [0.1, 0.15) is 24.9 Å². The summed E-state index contributed by atoms with van der Waals surface area (Å²) in [5.41, 5.74) is 0.365. The summed E-state index contributed by atoms with van der Waals surface area (Å²) in [6, 6.07) is 63.3. The molecule has 2 aliphatic rings. The summed E-state index contributed by atoms with van der Waals surface area (Å²) in [5.74, 6) is -2.86. The SMILES string of the molecule is CC(C)CCCC(C)CCCC(C)CCCC(C)CCOCC(COC1OC(COC(=O)c2ccccc2)C(OC(OCCOC2OC(C)C(OC(=O)c3ccccc3)C(OC(=O)c3ccccc3)C2OC(=O)c2ccccc2)C(OC(=O)c2ccccc2)[C@@H](CO)OC(=O)c2ccccc2)C(OC(=O)c2ccccc2)C1OC(=O)c1ccccc1)OCCC(C)CCCC(C)CCCC(C)CCCC(C)C. The van der Waals surface area contributed by atoms with E-state index < -0.39 is 160 Å². The second-order valence-corrected chi connectivity index (χ2v) is 39.3. The predicted octanol–water partition coefficient (Wildman–Crippen LogP) is 23.0. The monoisotopic (exact) mass is 1960 g/mol. The molecule has 2 fully saturated rings. The molecule has 0 saturated carbocycles. The van der Waals surface area contributed by atoms with E-state index in [-0.39, 0.29) is 63.6 Å². The minimum Gasteiger partial charge on any atom is -0.459 e. The number of carbonyl (C=O) groups is 8. The molecule has 2 aliphatic heterocycles. The van der Waals surface area contributed by atoms with E-state index in [9.17, 15) is 29.1 Å². The molecule has 0 aromatic heterocycles. The summed E-state index contributed by atoms with van der Waals surface area (Å²) < 4.78 is 106. The van der Waals surface area contributed by atoms with E-state index in [1.54, 1.807) is 146 Å². The van der Waals surface area contributed by atoms with E-state index in [4.69, 9.17) is 75.8 Å². The van der Waals surface area contributed by atoms with E-state index in [1.807, 2.05) is 0 Å². The second kappa shape index (κ2) is 62.0. The van der Waals surface area contributed by atoms with Crippen molar-refractivity contribution in [3.63, 3.8) is 0 Å². The normalized spacial score (nSPS) is 20.1. The van der Waals surface area contributed by atoms with Crippen LogP contribution in [0.1, 0.15) is 287 Å². The third-order valence-corrected chi connectivity index (χ3v) is 26.2. The zero-order valence-corrected chi connectivity index (χ0v) is 84.8. The molecule has 0 amide bonds. The number of carbonyl (C=O) groups excluding carboxylic acids is 8. The summed E-state index contributed by atoms with van der Waals surface area (Å²) >= 11 is 0. The lowest BCUT2D eigenvalue weighted by Gasteiger charge is -2.46. The third-order valence-electron chi connectivity index (χ3n) is 26.2. The Kier molecular flexibility index (Phi) is 49.4. The Balaban J connectivity index is 1.02. The Hall–Kier alpha value is -10.8. The summed E-state index contributed by atoms with van der Waals surface area (Å²) in [6.45, 7) is 21.9. The molecular formula is C117H152O25. The van der Waals surface area contributed by atoms with Crippen molar-refractivity contribution < 1.29 is 119 Å². The Bertz CT molecular complexity index is 4920. The summed E-state index contributed by atoms with van der Waals surface area (Å²) in [4.78, 5) is 119. The lowest BCUT2D eigenvalue weighted by molar-refractivity contribution is -0.339. The number of aliphatic hydroxyl groups excluding tert-OH is 1. The fraction of sp³-hybridized carbons (Fsp3) is 0.521. The van der Waals surface area contributed by atoms with Gasteiger partial charge in [0, 0.05) is 13.2 Å². The molecule has 25 heteroatoms. The van der Waals surface area contributed by atoms with E-state index in [0.717, 1.165) is 62.7 Å². The zero-order valence-electron chi connectivity index (χ0n) is 84.8. The molecule has 0 bridgehead atoms. The van der Waals surface area contributed by atoms with E-state index >= 15 is 14.4 Å². The number of ether oxygens (including phenoxy) is 16. The molecule has 2 saturated heterocycles. The lowest BCUT2D eigenvalue weighted by Crippen LogP contribution is -2.64. The number of hydrogen-bond donors (Lipinski definition) is 1. The third kappa shape index (κ3) is 39.0. The zero-order chi connectivity index (χ0) is 101. The first-order chi connectivity index (χ1) is 68.8. The maximum absolute atomic E-state index is 15.5. The van der Waals surface area contributed by atoms with Crippen molar-refractivity contribution in [3.8, 4) is 0 Å². The first-order valence-electron chi connectivity index (χ1n) is 51.4. The molecule has 0 radical (unpaired) electrons. The molecule has 2 heterocycles. The van der Waals surface area contributed by atoms with E-state index in [1.165, 1.54) is 181 Å². The van der Waals surface area contributed by atoms with Crippen molar-refractivity contribution in [2.24, 2.45) is 47.3 Å². The number of hydrogen-bond acceptors (Lipinski definition) is 25. The van der Waals surface area contributed by atoms with Crippen LogP contribution in [0.5, 0.6) is 0 Å². The molecule has 25 nitrogen and oxygen atoms in total. The minimum atomic E-state index is -2.24. The van der Waals surface area contributed by atoms with Gasteiger partial charge in [-0.1, -0.05) is 330 Å². The molecule has 10 rings (SSSR count). The highest BCUT2D eigenvalue weighted by molar-refractivity contribution is 5.93. The van der Waals surface area contributed by atoms with Crippen LogP contribution >= 0.6 is 0 Å². The number of rotatable bonds is 63. The average molecular weight is 1960 g/mol. The van der Waals surface area contributed by atoms with Crippen LogP contribution in [0.25, 0.3) is 0 Å². The van der Waals surface area contributed by atoms with Gasteiger partial charge in [-0.05, 0) is 164 Å². The van der Waals surface area contributed by atoms with Crippen LogP contribution in [-0.4, -0.2) is 192 Å². The van der Waals surface area contributed by atoms with E-state index in [2.05, 4.69) is 69.2 Å². The summed E-state index contributed by atoms with van der Waals surface area (Å²) in [5, 5.41) is 11.9. The molecule has 1 N–H and O–H groups in total. The van der Waals surface area contributed by atoms with Gasteiger partial charge < -0.3 is 80.9 Å². The van der Waals surface area contributed by atoms with Crippen LogP contribution in [0.2, 0.25) is 0 Å². The highest BCUT2D eigenvalue weighted by atomic mass is 16.8. The van der Waals surface area contributed by atoms with Crippen molar-refractivity contribution >= 4 is 47.8 Å². The first kappa shape index (κ1) is 113. The van der Waals surface area contributed by atoms with Crippen molar-refractivity contribution in [2.75, 3.05) is 52.9 Å². The highest BCUT2D eigenvalue weighted by Gasteiger charge is 2.56. The molecule has 770 valence electrons. The molecule has 142 heavy (non-hydrogen) atoms. The topological polar surface area (TPSA) is 304 Å².